The Hall–Kier alpha value is -2.48. The van der Waals surface area contributed by atoms with Crippen LogP contribution in [0.25, 0.3) is 0 Å². The molecular formula is C16H20N6O2. The van der Waals surface area contributed by atoms with Gasteiger partial charge >= 0.3 is 0 Å². The summed E-state index contributed by atoms with van der Waals surface area (Å²) in [6.07, 6.45) is 4.53. The standard InChI is InChI=1S/C16H20N6O2/c1-11-8-12(2)22(20-11)10-14-18-19-16(24-14)15-13(4-7-23-15)9-21-6-3-5-17-21/h3,5-6,8,13,15H,4,7,9-10H2,1-2H3/t13-,15-/m0/s1. The van der Waals surface area contributed by atoms with Gasteiger partial charge in [-0.3, -0.25) is 9.36 Å². The molecule has 8 heteroatoms. The van der Waals surface area contributed by atoms with Gasteiger partial charge in [0, 0.05) is 37.2 Å². The summed E-state index contributed by atoms with van der Waals surface area (Å²) >= 11 is 0. The number of hydrogen-bond acceptors (Lipinski definition) is 6. The molecule has 0 aliphatic carbocycles. The van der Waals surface area contributed by atoms with Gasteiger partial charge < -0.3 is 9.15 Å². The number of rotatable bonds is 5. The number of ether oxygens (including phenoxy) is 1. The monoisotopic (exact) mass is 328 g/mol. The maximum atomic E-state index is 5.85. The first-order valence-electron chi connectivity index (χ1n) is 8.11. The van der Waals surface area contributed by atoms with Crippen LogP contribution in [0.1, 0.15) is 35.7 Å². The summed E-state index contributed by atoms with van der Waals surface area (Å²) in [5.41, 5.74) is 2.05. The van der Waals surface area contributed by atoms with E-state index in [2.05, 4.69) is 20.4 Å². The van der Waals surface area contributed by atoms with Gasteiger partial charge in [0.2, 0.25) is 11.8 Å². The predicted octanol–water partition coefficient (Wildman–Crippen LogP) is 1.91. The van der Waals surface area contributed by atoms with Crippen molar-refractivity contribution in [3.05, 3.63) is 47.7 Å². The van der Waals surface area contributed by atoms with Gasteiger partial charge in [-0.1, -0.05) is 0 Å². The van der Waals surface area contributed by atoms with Gasteiger partial charge in [-0.15, -0.1) is 10.2 Å². The van der Waals surface area contributed by atoms with E-state index in [1.807, 2.05) is 41.5 Å². The van der Waals surface area contributed by atoms with Gasteiger partial charge in [0.05, 0.1) is 5.69 Å². The van der Waals surface area contributed by atoms with Crippen LogP contribution >= 0.6 is 0 Å². The van der Waals surface area contributed by atoms with E-state index in [4.69, 9.17) is 9.15 Å². The summed E-state index contributed by atoms with van der Waals surface area (Å²) in [6, 6.07) is 3.95. The molecule has 1 aliphatic rings. The molecule has 4 rings (SSSR count). The van der Waals surface area contributed by atoms with Crippen LogP contribution < -0.4 is 0 Å². The number of hydrogen-bond donors (Lipinski definition) is 0. The van der Waals surface area contributed by atoms with Crippen LogP contribution in [0.2, 0.25) is 0 Å². The van der Waals surface area contributed by atoms with E-state index in [9.17, 15) is 0 Å². The third kappa shape index (κ3) is 2.96. The van der Waals surface area contributed by atoms with Crippen LogP contribution in [0.15, 0.2) is 28.9 Å². The van der Waals surface area contributed by atoms with Crippen molar-refractivity contribution in [3.8, 4) is 0 Å². The molecule has 0 radical (unpaired) electrons. The lowest BCUT2D eigenvalue weighted by molar-refractivity contribution is 0.0618. The minimum absolute atomic E-state index is 0.170. The summed E-state index contributed by atoms with van der Waals surface area (Å²) < 4.78 is 15.5. The fraction of sp³-hybridized carbons (Fsp3) is 0.500. The minimum atomic E-state index is -0.170. The second-order valence-electron chi connectivity index (χ2n) is 6.19. The Kier molecular flexibility index (Phi) is 3.89. The molecule has 0 spiro atoms. The Morgan fingerprint density at radius 2 is 2.21 bits per heavy atom. The molecule has 126 valence electrons. The quantitative estimate of drug-likeness (QED) is 0.711. The Labute approximate surface area is 139 Å². The van der Waals surface area contributed by atoms with Crippen molar-refractivity contribution < 1.29 is 9.15 Å². The zero-order valence-electron chi connectivity index (χ0n) is 13.8. The van der Waals surface area contributed by atoms with Crippen molar-refractivity contribution in [3.63, 3.8) is 0 Å². The van der Waals surface area contributed by atoms with Crippen LogP contribution in [0.4, 0.5) is 0 Å². The maximum absolute atomic E-state index is 5.85. The van der Waals surface area contributed by atoms with Crippen LogP contribution in [0.5, 0.6) is 0 Å². The van der Waals surface area contributed by atoms with Crippen LogP contribution in [-0.4, -0.2) is 36.4 Å². The van der Waals surface area contributed by atoms with E-state index < -0.39 is 0 Å². The van der Waals surface area contributed by atoms with E-state index in [1.54, 1.807) is 6.20 Å². The molecule has 8 nitrogen and oxygen atoms in total. The van der Waals surface area contributed by atoms with Gasteiger partial charge in [-0.05, 0) is 32.4 Å². The number of aryl methyl sites for hydroxylation is 2. The molecule has 4 heterocycles. The van der Waals surface area contributed by atoms with Crippen molar-refractivity contribution in [2.24, 2.45) is 5.92 Å². The topological polar surface area (TPSA) is 83.8 Å². The molecule has 1 aliphatic heterocycles. The van der Waals surface area contributed by atoms with Crippen molar-refractivity contribution in [2.75, 3.05) is 6.61 Å². The average Bonchev–Trinajstić information content (AvgIpc) is 3.30. The second-order valence-corrected chi connectivity index (χ2v) is 6.19. The molecule has 0 aromatic carbocycles. The average molecular weight is 328 g/mol. The fourth-order valence-corrected chi connectivity index (χ4v) is 3.15. The summed E-state index contributed by atoms with van der Waals surface area (Å²) in [5.74, 6) is 1.37. The van der Waals surface area contributed by atoms with E-state index in [1.165, 1.54) is 0 Å². The Morgan fingerprint density at radius 1 is 1.29 bits per heavy atom. The van der Waals surface area contributed by atoms with Gasteiger partial charge in [0.25, 0.3) is 0 Å². The second kappa shape index (κ2) is 6.20. The summed E-state index contributed by atoms with van der Waals surface area (Å²) in [6.45, 7) is 5.94. The smallest absolute Gasteiger partial charge is 0.245 e. The van der Waals surface area contributed by atoms with Gasteiger partial charge in [-0.25, -0.2) is 0 Å². The lowest BCUT2D eigenvalue weighted by atomic mass is 10.0. The van der Waals surface area contributed by atoms with E-state index in [0.29, 0.717) is 24.9 Å². The number of aromatic nitrogens is 6. The lowest BCUT2D eigenvalue weighted by Crippen LogP contribution is -2.15. The Bertz CT molecular complexity index is 807. The molecule has 0 bridgehead atoms. The predicted molar refractivity (Wildman–Crippen MR) is 84.1 cm³/mol. The molecule has 3 aromatic heterocycles. The molecule has 3 aromatic rings. The van der Waals surface area contributed by atoms with Crippen LogP contribution in [-0.2, 0) is 17.8 Å². The first-order chi connectivity index (χ1) is 11.7. The molecule has 2 atom stereocenters. The largest absolute Gasteiger partial charge is 0.420 e. The van der Waals surface area contributed by atoms with Gasteiger partial charge in [-0.2, -0.15) is 10.2 Å². The molecule has 1 saturated heterocycles. The summed E-state index contributed by atoms with van der Waals surface area (Å²) in [7, 11) is 0. The Balaban J connectivity index is 1.48. The van der Waals surface area contributed by atoms with Gasteiger partial charge in [0.15, 0.2) is 0 Å². The molecule has 0 amide bonds. The molecule has 24 heavy (non-hydrogen) atoms. The first kappa shape index (κ1) is 15.1. The van der Waals surface area contributed by atoms with Gasteiger partial charge in [0.1, 0.15) is 12.6 Å². The Morgan fingerprint density at radius 3 is 2.96 bits per heavy atom. The van der Waals surface area contributed by atoms with Crippen molar-refractivity contribution in [1.82, 2.24) is 29.8 Å². The van der Waals surface area contributed by atoms with Crippen molar-refractivity contribution >= 4 is 0 Å². The summed E-state index contributed by atoms with van der Waals surface area (Å²) in [4.78, 5) is 0. The normalized spacial score (nSPS) is 20.8. The molecule has 1 fully saturated rings. The zero-order valence-corrected chi connectivity index (χ0v) is 13.8. The van der Waals surface area contributed by atoms with Crippen molar-refractivity contribution in [2.45, 2.75) is 39.5 Å². The molecule has 0 saturated carbocycles. The minimum Gasteiger partial charge on any atom is -0.420 e. The zero-order chi connectivity index (χ0) is 16.5. The molecule has 0 unspecified atom stereocenters. The first-order valence-corrected chi connectivity index (χ1v) is 8.11. The number of nitrogens with zero attached hydrogens (tertiary/aromatic N) is 6. The lowest BCUT2D eigenvalue weighted by Gasteiger charge is -2.14. The summed E-state index contributed by atoms with van der Waals surface area (Å²) in [5, 5.41) is 17.0. The fourth-order valence-electron chi connectivity index (χ4n) is 3.15. The van der Waals surface area contributed by atoms with Crippen molar-refractivity contribution in [1.29, 1.82) is 0 Å². The highest BCUT2D eigenvalue weighted by molar-refractivity contribution is 5.07. The van der Waals surface area contributed by atoms with Crippen LogP contribution in [0, 0.1) is 19.8 Å². The highest BCUT2D eigenvalue weighted by atomic mass is 16.5. The van der Waals surface area contributed by atoms with E-state index in [-0.39, 0.29) is 12.0 Å². The highest BCUT2D eigenvalue weighted by Crippen LogP contribution is 2.34. The maximum Gasteiger partial charge on any atom is 0.245 e. The van der Waals surface area contributed by atoms with Crippen LogP contribution in [0.3, 0.4) is 0 Å². The molecular weight excluding hydrogens is 308 g/mol. The van der Waals surface area contributed by atoms with E-state index in [0.717, 1.165) is 24.4 Å². The SMILES string of the molecule is Cc1cc(C)n(Cc2nnc([C@H]3OCC[C@H]3Cn3cccn3)o2)n1. The molecule has 0 N–H and O–H groups in total. The highest BCUT2D eigenvalue weighted by Gasteiger charge is 2.34. The third-order valence-electron chi connectivity index (χ3n) is 4.31. The van der Waals surface area contributed by atoms with E-state index >= 15 is 0 Å². The third-order valence-corrected chi connectivity index (χ3v) is 4.31.